The average molecular weight is 206 g/mol. The predicted octanol–water partition coefficient (Wildman–Crippen LogP) is 2.63. The molecule has 0 spiro atoms. The summed E-state index contributed by atoms with van der Waals surface area (Å²) < 4.78 is 0. The standard InChI is InChI=1S/C11H10O2S/c12-11(13)4-2-1-3-9-5-7-10(14)8-6-9/h1-8,14H,(H,12,13)/b3-1+,4-2+. The minimum absolute atomic E-state index is 0.906. The molecule has 0 heterocycles. The molecule has 1 aromatic carbocycles. The van der Waals surface area contributed by atoms with Crippen molar-refractivity contribution in [1.82, 2.24) is 0 Å². The Bertz CT molecular complexity index is 363. The third kappa shape index (κ3) is 3.96. The third-order valence-electron chi connectivity index (χ3n) is 1.53. The minimum Gasteiger partial charge on any atom is -0.478 e. The van der Waals surface area contributed by atoms with Gasteiger partial charge in [0.25, 0.3) is 0 Å². The van der Waals surface area contributed by atoms with Gasteiger partial charge in [0.05, 0.1) is 0 Å². The molecular formula is C11H10O2S. The van der Waals surface area contributed by atoms with Gasteiger partial charge in [-0.2, -0.15) is 0 Å². The van der Waals surface area contributed by atoms with Crippen molar-refractivity contribution < 1.29 is 9.90 Å². The largest absolute Gasteiger partial charge is 0.478 e. The van der Waals surface area contributed by atoms with Crippen molar-refractivity contribution in [2.75, 3.05) is 0 Å². The topological polar surface area (TPSA) is 37.3 Å². The lowest BCUT2D eigenvalue weighted by Crippen LogP contribution is -1.84. The number of allylic oxidation sites excluding steroid dienone is 2. The van der Waals surface area contributed by atoms with Crippen LogP contribution in [0.5, 0.6) is 0 Å². The van der Waals surface area contributed by atoms with Gasteiger partial charge >= 0.3 is 5.97 Å². The van der Waals surface area contributed by atoms with Crippen LogP contribution in [0.1, 0.15) is 5.56 Å². The van der Waals surface area contributed by atoms with Crippen LogP contribution in [-0.4, -0.2) is 11.1 Å². The number of benzene rings is 1. The van der Waals surface area contributed by atoms with E-state index in [4.69, 9.17) is 5.11 Å². The van der Waals surface area contributed by atoms with E-state index in [0.717, 1.165) is 16.5 Å². The molecule has 0 aliphatic rings. The van der Waals surface area contributed by atoms with Crippen molar-refractivity contribution in [2.24, 2.45) is 0 Å². The zero-order valence-corrected chi connectivity index (χ0v) is 8.32. The second-order valence-corrected chi connectivity index (χ2v) is 3.16. The Morgan fingerprint density at radius 2 is 1.86 bits per heavy atom. The van der Waals surface area contributed by atoms with E-state index in [1.54, 1.807) is 6.08 Å². The Balaban J connectivity index is 2.60. The Hall–Kier alpha value is -1.48. The lowest BCUT2D eigenvalue weighted by molar-refractivity contribution is -0.131. The van der Waals surface area contributed by atoms with E-state index >= 15 is 0 Å². The van der Waals surface area contributed by atoms with Gasteiger partial charge in [0, 0.05) is 11.0 Å². The molecule has 1 N–H and O–H groups in total. The highest BCUT2D eigenvalue weighted by molar-refractivity contribution is 7.80. The molecule has 0 amide bonds. The molecule has 0 radical (unpaired) electrons. The van der Waals surface area contributed by atoms with E-state index in [0.29, 0.717) is 0 Å². The van der Waals surface area contributed by atoms with Crippen LogP contribution in [0.25, 0.3) is 6.08 Å². The van der Waals surface area contributed by atoms with Crippen molar-refractivity contribution >= 4 is 24.7 Å². The van der Waals surface area contributed by atoms with Crippen LogP contribution in [0, 0.1) is 0 Å². The Morgan fingerprint density at radius 1 is 1.21 bits per heavy atom. The van der Waals surface area contributed by atoms with Gasteiger partial charge in [-0.05, 0) is 17.7 Å². The lowest BCUT2D eigenvalue weighted by Gasteiger charge is -1.92. The van der Waals surface area contributed by atoms with Crippen LogP contribution < -0.4 is 0 Å². The maximum atomic E-state index is 10.1. The van der Waals surface area contributed by atoms with Crippen molar-refractivity contribution in [1.29, 1.82) is 0 Å². The average Bonchev–Trinajstić information content (AvgIpc) is 2.15. The number of hydrogen-bond donors (Lipinski definition) is 2. The number of thiol groups is 1. The van der Waals surface area contributed by atoms with Crippen LogP contribution in [0.3, 0.4) is 0 Å². The monoisotopic (exact) mass is 206 g/mol. The SMILES string of the molecule is O=C(O)/C=C/C=C/c1ccc(S)cc1. The maximum Gasteiger partial charge on any atom is 0.328 e. The Morgan fingerprint density at radius 3 is 2.43 bits per heavy atom. The Labute approximate surface area is 88.0 Å². The molecule has 72 valence electrons. The molecule has 0 bridgehead atoms. The van der Waals surface area contributed by atoms with Crippen molar-refractivity contribution in [2.45, 2.75) is 4.90 Å². The normalized spacial score (nSPS) is 11.2. The van der Waals surface area contributed by atoms with Gasteiger partial charge in [-0.25, -0.2) is 4.79 Å². The van der Waals surface area contributed by atoms with Crippen molar-refractivity contribution in [3.8, 4) is 0 Å². The third-order valence-corrected chi connectivity index (χ3v) is 1.83. The fraction of sp³-hybridized carbons (Fsp3) is 0. The summed E-state index contributed by atoms with van der Waals surface area (Å²) in [6, 6.07) is 7.58. The van der Waals surface area contributed by atoms with Crippen LogP contribution in [0.2, 0.25) is 0 Å². The van der Waals surface area contributed by atoms with Gasteiger partial charge < -0.3 is 5.11 Å². The van der Waals surface area contributed by atoms with Crippen LogP contribution in [-0.2, 0) is 4.79 Å². The number of rotatable bonds is 3. The fourth-order valence-electron chi connectivity index (χ4n) is 0.890. The molecule has 0 unspecified atom stereocenters. The molecule has 3 heteroatoms. The van der Waals surface area contributed by atoms with E-state index in [2.05, 4.69) is 12.6 Å². The summed E-state index contributed by atoms with van der Waals surface area (Å²) in [7, 11) is 0. The predicted molar refractivity (Wildman–Crippen MR) is 59.5 cm³/mol. The molecule has 0 saturated carbocycles. The summed E-state index contributed by atoms with van der Waals surface area (Å²) in [5.74, 6) is -0.944. The summed E-state index contributed by atoms with van der Waals surface area (Å²) in [4.78, 5) is 11.0. The van der Waals surface area contributed by atoms with Gasteiger partial charge in [0.2, 0.25) is 0 Å². The van der Waals surface area contributed by atoms with E-state index in [9.17, 15) is 4.79 Å². The number of carboxylic acids is 1. The van der Waals surface area contributed by atoms with Gasteiger partial charge in [-0.15, -0.1) is 12.6 Å². The smallest absolute Gasteiger partial charge is 0.328 e. The first-order valence-electron chi connectivity index (χ1n) is 4.05. The summed E-state index contributed by atoms with van der Waals surface area (Å²) in [6.45, 7) is 0. The quantitative estimate of drug-likeness (QED) is 0.453. The maximum absolute atomic E-state index is 10.1. The molecule has 1 aromatic rings. The van der Waals surface area contributed by atoms with Gasteiger partial charge in [-0.3, -0.25) is 0 Å². The van der Waals surface area contributed by atoms with Crippen molar-refractivity contribution in [3.05, 3.63) is 48.1 Å². The zero-order chi connectivity index (χ0) is 10.4. The van der Waals surface area contributed by atoms with Gasteiger partial charge in [-0.1, -0.05) is 30.4 Å². The molecule has 0 aliphatic heterocycles. The first kappa shape index (κ1) is 10.6. The highest BCUT2D eigenvalue weighted by Gasteiger charge is 1.85. The van der Waals surface area contributed by atoms with Gasteiger partial charge in [0.15, 0.2) is 0 Å². The first-order chi connectivity index (χ1) is 6.68. The van der Waals surface area contributed by atoms with E-state index in [1.165, 1.54) is 6.08 Å². The van der Waals surface area contributed by atoms with Crippen molar-refractivity contribution in [3.63, 3.8) is 0 Å². The molecular weight excluding hydrogens is 196 g/mol. The highest BCUT2D eigenvalue weighted by atomic mass is 32.1. The molecule has 0 fully saturated rings. The van der Waals surface area contributed by atoms with Crippen LogP contribution in [0.15, 0.2) is 47.4 Å². The second kappa shape index (κ2) is 5.29. The van der Waals surface area contributed by atoms with Crippen LogP contribution in [0.4, 0.5) is 0 Å². The molecule has 0 aliphatic carbocycles. The summed E-state index contributed by atoms with van der Waals surface area (Å²) in [6.07, 6.45) is 6.08. The molecule has 2 nitrogen and oxygen atoms in total. The zero-order valence-electron chi connectivity index (χ0n) is 7.42. The van der Waals surface area contributed by atoms with E-state index in [-0.39, 0.29) is 0 Å². The molecule has 0 saturated heterocycles. The lowest BCUT2D eigenvalue weighted by atomic mass is 10.2. The molecule has 0 aromatic heterocycles. The summed E-state index contributed by atoms with van der Waals surface area (Å²) >= 11 is 4.15. The van der Waals surface area contributed by atoms with Crippen LogP contribution >= 0.6 is 12.6 Å². The number of aliphatic carboxylic acids is 1. The number of carbonyl (C=O) groups is 1. The van der Waals surface area contributed by atoms with E-state index in [1.807, 2.05) is 30.3 Å². The highest BCUT2D eigenvalue weighted by Crippen LogP contribution is 2.08. The Kier molecular flexibility index (Phi) is 4.01. The summed E-state index contributed by atoms with van der Waals surface area (Å²) in [5, 5.41) is 8.32. The fourth-order valence-corrected chi connectivity index (χ4v) is 1.04. The molecule has 14 heavy (non-hydrogen) atoms. The first-order valence-corrected chi connectivity index (χ1v) is 4.50. The second-order valence-electron chi connectivity index (χ2n) is 2.65. The van der Waals surface area contributed by atoms with E-state index < -0.39 is 5.97 Å². The minimum atomic E-state index is -0.944. The van der Waals surface area contributed by atoms with Gasteiger partial charge in [0.1, 0.15) is 0 Å². The summed E-state index contributed by atoms with van der Waals surface area (Å²) in [5.41, 5.74) is 1.01. The molecule has 0 atom stereocenters. The number of carboxylic acid groups (broad SMARTS) is 1. The number of hydrogen-bond acceptors (Lipinski definition) is 2. The molecule has 1 rings (SSSR count).